The van der Waals surface area contributed by atoms with Crippen molar-refractivity contribution in [1.82, 2.24) is 10.3 Å². The topological polar surface area (TPSA) is 34.1 Å². The van der Waals surface area contributed by atoms with Gasteiger partial charge in [0.1, 0.15) is 5.75 Å². The van der Waals surface area contributed by atoms with Crippen molar-refractivity contribution in [1.29, 1.82) is 0 Å². The molecule has 1 saturated heterocycles. The average molecular weight is 256 g/mol. The highest BCUT2D eigenvalue weighted by Crippen LogP contribution is 2.36. The van der Waals surface area contributed by atoms with Gasteiger partial charge < -0.3 is 10.1 Å². The fraction of sp³-hybridized carbons (Fsp3) is 0.438. The Kier molecular flexibility index (Phi) is 3.65. The second-order valence-corrected chi connectivity index (χ2v) is 5.26. The Labute approximate surface area is 114 Å². The SMILES string of the molecule is C=COc1cncc(C2=CCC[C@@H]3CCCN[C@H]23)c1. The fourth-order valence-corrected chi connectivity index (χ4v) is 3.24. The Morgan fingerprint density at radius 1 is 1.37 bits per heavy atom. The van der Waals surface area contributed by atoms with Crippen molar-refractivity contribution in [3.05, 3.63) is 42.9 Å². The molecule has 1 N–H and O–H groups in total. The number of nitrogens with one attached hydrogen (secondary N) is 1. The first-order valence-corrected chi connectivity index (χ1v) is 7.05. The van der Waals surface area contributed by atoms with Crippen LogP contribution >= 0.6 is 0 Å². The molecule has 1 aliphatic carbocycles. The molecule has 19 heavy (non-hydrogen) atoms. The molecule has 2 atom stereocenters. The van der Waals surface area contributed by atoms with Gasteiger partial charge in [0.05, 0.1) is 12.5 Å². The van der Waals surface area contributed by atoms with Crippen LogP contribution in [0.5, 0.6) is 5.75 Å². The van der Waals surface area contributed by atoms with Gasteiger partial charge in [-0.05, 0) is 49.8 Å². The van der Waals surface area contributed by atoms with Gasteiger partial charge in [0, 0.05) is 17.8 Å². The minimum atomic E-state index is 0.489. The van der Waals surface area contributed by atoms with Crippen LogP contribution in [0.15, 0.2) is 37.4 Å². The number of pyridine rings is 1. The van der Waals surface area contributed by atoms with Gasteiger partial charge in [-0.1, -0.05) is 12.7 Å². The number of piperidine rings is 1. The van der Waals surface area contributed by atoms with Crippen LogP contribution in [0.1, 0.15) is 31.2 Å². The molecule has 3 rings (SSSR count). The van der Waals surface area contributed by atoms with Crippen molar-refractivity contribution in [2.24, 2.45) is 5.92 Å². The molecule has 0 amide bonds. The minimum Gasteiger partial charge on any atom is -0.464 e. The van der Waals surface area contributed by atoms with Crippen molar-refractivity contribution in [3.63, 3.8) is 0 Å². The Hall–Kier alpha value is -1.61. The van der Waals surface area contributed by atoms with Gasteiger partial charge in [0.2, 0.25) is 0 Å². The van der Waals surface area contributed by atoms with Crippen LogP contribution in [0, 0.1) is 5.92 Å². The maximum Gasteiger partial charge on any atom is 0.145 e. The molecule has 100 valence electrons. The predicted molar refractivity (Wildman–Crippen MR) is 76.8 cm³/mol. The Morgan fingerprint density at radius 2 is 2.32 bits per heavy atom. The molecule has 0 radical (unpaired) electrons. The van der Waals surface area contributed by atoms with Crippen LogP contribution in [-0.2, 0) is 0 Å². The van der Waals surface area contributed by atoms with E-state index in [9.17, 15) is 0 Å². The molecule has 1 aromatic heterocycles. The van der Waals surface area contributed by atoms with Gasteiger partial charge in [0.15, 0.2) is 0 Å². The van der Waals surface area contributed by atoms with Gasteiger partial charge >= 0.3 is 0 Å². The van der Waals surface area contributed by atoms with E-state index in [4.69, 9.17) is 4.74 Å². The summed E-state index contributed by atoms with van der Waals surface area (Å²) in [6.45, 7) is 4.71. The van der Waals surface area contributed by atoms with Crippen molar-refractivity contribution in [2.45, 2.75) is 31.7 Å². The van der Waals surface area contributed by atoms with Gasteiger partial charge in [-0.25, -0.2) is 0 Å². The van der Waals surface area contributed by atoms with Gasteiger partial charge in [-0.3, -0.25) is 4.98 Å². The third-order valence-corrected chi connectivity index (χ3v) is 4.09. The van der Waals surface area contributed by atoms with Crippen LogP contribution < -0.4 is 10.1 Å². The lowest BCUT2D eigenvalue weighted by Gasteiger charge is -2.37. The molecule has 0 bridgehead atoms. The summed E-state index contributed by atoms with van der Waals surface area (Å²) in [6.07, 6.45) is 12.6. The van der Waals surface area contributed by atoms with Gasteiger partial charge in [0.25, 0.3) is 0 Å². The summed E-state index contributed by atoms with van der Waals surface area (Å²) >= 11 is 0. The molecule has 0 unspecified atom stereocenters. The number of hydrogen-bond donors (Lipinski definition) is 1. The first kappa shape index (κ1) is 12.4. The van der Waals surface area contributed by atoms with E-state index in [1.165, 1.54) is 43.1 Å². The van der Waals surface area contributed by atoms with E-state index in [0.29, 0.717) is 6.04 Å². The smallest absolute Gasteiger partial charge is 0.145 e. The summed E-state index contributed by atoms with van der Waals surface area (Å²) < 4.78 is 5.33. The predicted octanol–water partition coefficient (Wildman–Crippen LogP) is 3.15. The van der Waals surface area contributed by atoms with Crippen LogP contribution in [0.3, 0.4) is 0 Å². The molecule has 2 heterocycles. The number of fused-ring (bicyclic) bond motifs is 1. The molecule has 1 aliphatic heterocycles. The van der Waals surface area contributed by atoms with Gasteiger partial charge in [-0.15, -0.1) is 0 Å². The summed E-state index contributed by atoms with van der Waals surface area (Å²) in [4.78, 5) is 4.27. The third-order valence-electron chi connectivity index (χ3n) is 4.09. The summed E-state index contributed by atoms with van der Waals surface area (Å²) in [7, 11) is 0. The van der Waals surface area contributed by atoms with Gasteiger partial charge in [-0.2, -0.15) is 0 Å². The summed E-state index contributed by atoms with van der Waals surface area (Å²) in [5.41, 5.74) is 2.56. The number of rotatable bonds is 3. The molecule has 3 heteroatoms. The maximum atomic E-state index is 5.33. The highest BCUT2D eigenvalue weighted by molar-refractivity contribution is 5.71. The lowest BCUT2D eigenvalue weighted by atomic mass is 9.77. The van der Waals surface area contributed by atoms with Crippen LogP contribution in [-0.4, -0.2) is 17.6 Å². The van der Waals surface area contributed by atoms with E-state index in [2.05, 4.69) is 29.0 Å². The second kappa shape index (κ2) is 5.57. The zero-order valence-electron chi connectivity index (χ0n) is 11.1. The first-order valence-electron chi connectivity index (χ1n) is 7.05. The van der Waals surface area contributed by atoms with Crippen molar-refractivity contribution in [3.8, 4) is 5.75 Å². The number of hydrogen-bond acceptors (Lipinski definition) is 3. The van der Waals surface area contributed by atoms with E-state index in [1.807, 2.05) is 6.20 Å². The summed E-state index contributed by atoms with van der Waals surface area (Å²) in [6, 6.07) is 2.54. The van der Waals surface area contributed by atoms with E-state index >= 15 is 0 Å². The van der Waals surface area contributed by atoms with Crippen molar-refractivity contribution in [2.75, 3.05) is 6.54 Å². The lowest BCUT2D eigenvalue weighted by Crippen LogP contribution is -2.43. The van der Waals surface area contributed by atoms with E-state index in [1.54, 1.807) is 6.20 Å². The van der Waals surface area contributed by atoms with Crippen LogP contribution in [0.2, 0.25) is 0 Å². The zero-order valence-corrected chi connectivity index (χ0v) is 11.1. The van der Waals surface area contributed by atoms with E-state index in [-0.39, 0.29) is 0 Å². The highest BCUT2D eigenvalue weighted by atomic mass is 16.5. The summed E-state index contributed by atoms with van der Waals surface area (Å²) in [5.74, 6) is 1.53. The molecule has 3 nitrogen and oxygen atoms in total. The molecular formula is C16H20N2O. The van der Waals surface area contributed by atoms with Crippen LogP contribution in [0.25, 0.3) is 5.57 Å². The monoisotopic (exact) mass is 256 g/mol. The quantitative estimate of drug-likeness (QED) is 0.844. The van der Waals surface area contributed by atoms with E-state index in [0.717, 1.165) is 18.2 Å². The largest absolute Gasteiger partial charge is 0.464 e. The Bertz CT molecular complexity index is 495. The Balaban J connectivity index is 1.89. The Morgan fingerprint density at radius 3 is 3.21 bits per heavy atom. The number of aromatic nitrogens is 1. The molecule has 0 spiro atoms. The molecule has 1 fully saturated rings. The first-order chi connectivity index (χ1) is 9.38. The minimum absolute atomic E-state index is 0.489. The number of allylic oxidation sites excluding steroid dienone is 1. The molecule has 1 aromatic rings. The zero-order chi connectivity index (χ0) is 13.1. The van der Waals surface area contributed by atoms with Crippen LogP contribution in [0.4, 0.5) is 0 Å². The highest BCUT2D eigenvalue weighted by Gasteiger charge is 2.30. The normalized spacial score (nSPS) is 26.2. The van der Waals surface area contributed by atoms with E-state index < -0.39 is 0 Å². The maximum absolute atomic E-state index is 5.33. The average Bonchev–Trinajstić information content (AvgIpc) is 2.47. The molecule has 0 saturated carbocycles. The lowest BCUT2D eigenvalue weighted by molar-refractivity contribution is 0.304. The number of ether oxygens (including phenoxy) is 1. The summed E-state index contributed by atoms with van der Waals surface area (Å²) in [5, 5.41) is 3.66. The number of nitrogens with zero attached hydrogens (tertiary/aromatic N) is 1. The second-order valence-electron chi connectivity index (χ2n) is 5.26. The molecular weight excluding hydrogens is 236 g/mol. The third kappa shape index (κ3) is 2.56. The van der Waals surface area contributed by atoms with Crippen molar-refractivity contribution >= 4 is 5.57 Å². The van der Waals surface area contributed by atoms with Crippen molar-refractivity contribution < 1.29 is 4.74 Å². The molecule has 0 aromatic carbocycles. The molecule has 2 aliphatic rings. The standard InChI is InChI=1S/C16H20N2O/c1-2-19-14-9-13(10-17-11-14)15-7-3-5-12-6-4-8-18-16(12)15/h2,7,9-12,16,18H,1,3-6,8H2/t12-,16+/m1/s1. The fourth-order valence-electron chi connectivity index (χ4n) is 3.24.